The number of carbonyl (C=O) groups is 2. The van der Waals surface area contributed by atoms with Gasteiger partial charge in [0.05, 0.1) is 6.54 Å². The number of amides is 1. The molecule has 1 amide bonds. The summed E-state index contributed by atoms with van der Waals surface area (Å²) in [5.41, 5.74) is 0.897. The normalized spacial score (nSPS) is 19.7. The molecule has 1 heterocycles. The van der Waals surface area contributed by atoms with Crippen LogP contribution in [0.4, 0.5) is 4.79 Å². The molecule has 1 unspecified atom stereocenters. The van der Waals surface area contributed by atoms with E-state index in [9.17, 15) is 14.7 Å². The van der Waals surface area contributed by atoms with Crippen molar-refractivity contribution in [1.82, 2.24) is 4.90 Å². The lowest BCUT2D eigenvalue weighted by atomic mass is 10.1. The molecule has 5 heteroatoms. The molecule has 1 aromatic carbocycles. The zero-order chi connectivity index (χ0) is 13.0. The lowest BCUT2D eigenvalue weighted by Crippen LogP contribution is -2.46. The molecule has 1 aliphatic rings. The fourth-order valence-corrected chi connectivity index (χ4v) is 1.78. The second-order valence-electron chi connectivity index (χ2n) is 4.23. The maximum Gasteiger partial charge on any atom is 0.410 e. The van der Waals surface area contributed by atoms with Crippen LogP contribution in [0, 0.1) is 0 Å². The number of hydrogen-bond acceptors (Lipinski definition) is 4. The van der Waals surface area contributed by atoms with Gasteiger partial charge < -0.3 is 14.7 Å². The predicted molar refractivity (Wildman–Crippen MR) is 63.8 cm³/mol. The summed E-state index contributed by atoms with van der Waals surface area (Å²) in [4.78, 5) is 24.3. The van der Waals surface area contributed by atoms with E-state index in [4.69, 9.17) is 4.74 Å². The second kappa shape index (κ2) is 5.64. The minimum Gasteiger partial charge on any atom is -0.445 e. The lowest BCUT2D eigenvalue weighted by Gasteiger charge is -2.27. The standard InChI is InChI=1S/C13H15NO4/c15-11-6-7-14(8-12(11)16)13(17)18-9-10-4-2-1-3-5-10/h1-5,11,15H,6-9H2. The second-order valence-corrected chi connectivity index (χ2v) is 4.23. The van der Waals surface area contributed by atoms with Gasteiger partial charge in [-0.3, -0.25) is 4.79 Å². The summed E-state index contributed by atoms with van der Waals surface area (Å²) in [7, 11) is 0. The van der Waals surface area contributed by atoms with E-state index in [2.05, 4.69) is 0 Å². The van der Waals surface area contributed by atoms with Gasteiger partial charge in [0.15, 0.2) is 5.78 Å². The molecule has 96 valence electrons. The van der Waals surface area contributed by atoms with Gasteiger partial charge >= 0.3 is 6.09 Å². The molecule has 0 bridgehead atoms. The number of ether oxygens (including phenoxy) is 1. The third kappa shape index (κ3) is 3.07. The van der Waals surface area contributed by atoms with E-state index in [0.717, 1.165) is 5.56 Å². The van der Waals surface area contributed by atoms with Gasteiger partial charge in [0.1, 0.15) is 12.7 Å². The summed E-state index contributed by atoms with van der Waals surface area (Å²) in [6.45, 7) is 0.461. The summed E-state index contributed by atoms with van der Waals surface area (Å²) in [5.74, 6) is -0.335. The van der Waals surface area contributed by atoms with Crippen LogP contribution < -0.4 is 0 Å². The Hall–Kier alpha value is -1.88. The zero-order valence-electron chi connectivity index (χ0n) is 9.91. The van der Waals surface area contributed by atoms with Crippen LogP contribution in [-0.2, 0) is 16.1 Å². The minimum absolute atomic E-state index is 0.0746. The van der Waals surface area contributed by atoms with E-state index in [-0.39, 0.29) is 25.4 Å². The molecule has 0 aromatic heterocycles. The molecule has 1 atom stereocenters. The Kier molecular flexibility index (Phi) is 3.94. The van der Waals surface area contributed by atoms with Crippen LogP contribution in [0.2, 0.25) is 0 Å². The fourth-order valence-electron chi connectivity index (χ4n) is 1.78. The summed E-state index contributed by atoms with van der Waals surface area (Å²) in [6.07, 6.45) is -1.18. The topological polar surface area (TPSA) is 66.8 Å². The Bertz CT molecular complexity index is 432. The number of nitrogens with zero attached hydrogens (tertiary/aromatic N) is 1. The van der Waals surface area contributed by atoms with Crippen molar-refractivity contribution in [3.05, 3.63) is 35.9 Å². The molecule has 1 saturated heterocycles. The van der Waals surface area contributed by atoms with Gasteiger partial charge in [-0.05, 0) is 12.0 Å². The first-order valence-electron chi connectivity index (χ1n) is 5.83. The van der Waals surface area contributed by atoms with Crippen molar-refractivity contribution in [3.8, 4) is 0 Å². The van der Waals surface area contributed by atoms with Crippen LogP contribution in [-0.4, -0.2) is 41.1 Å². The molecule has 0 radical (unpaired) electrons. The van der Waals surface area contributed by atoms with Crippen LogP contribution in [0.5, 0.6) is 0 Å². The maximum atomic E-state index is 11.7. The van der Waals surface area contributed by atoms with Crippen molar-refractivity contribution in [2.45, 2.75) is 19.1 Å². The number of hydrogen-bond donors (Lipinski definition) is 1. The van der Waals surface area contributed by atoms with Gasteiger partial charge in [-0.15, -0.1) is 0 Å². The first-order valence-corrected chi connectivity index (χ1v) is 5.83. The highest BCUT2D eigenvalue weighted by Gasteiger charge is 2.28. The summed E-state index contributed by atoms with van der Waals surface area (Å²) < 4.78 is 5.10. The molecular weight excluding hydrogens is 234 g/mol. The first kappa shape index (κ1) is 12.6. The predicted octanol–water partition coefficient (Wildman–Crippen LogP) is 0.959. The van der Waals surface area contributed by atoms with Crippen LogP contribution in [0.15, 0.2) is 30.3 Å². The van der Waals surface area contributed by atoms with Gasteiger partial charge in [0.2, 0.25) is 0 Å². The van der Waals surface area contributed by atoms with Crippen molar-refractivity contribution >= 4 is 11.9 Å². The maximum absolute atomic E-state index is 11.7. The average molecular weight is 249 g/mol. The van der Waals surface area contributed by atoms with E-state index in [1.165, 1.54) is 4.90 Å². The SMILES string of the molecule is O=C1CN(C(=O)OCc2ccccc2)CCC1O. The van der Waals surface area contributed by atoms with E-state index in [0.29, 0.717) is 6.54 Å². The average Bonchev–Trinajstić information content (AvgIpc) is 2.40. The number of Topliss-reactive ketones (excluding diaryl/α,β-unsaturated/α-hetero) is 1. The molecular formula is C13H15NO4. The van der Waals surface area contributed by atoms with Crippen LogP contribution in [0.1, 0.15) is 12.0 Å². The van der Waals surface area contributed by atoms with Crippen molar-refractivity contribution in [2.24, 2.45) is 0 Å². The summed E-state index contributed by atoms with van der Waals surface area (Å²) >= 11 is 0. The number of aliphatic hydroxyl groups is 1. The summed E-state index contributed by atoms with van der Waals surface area (Å²) in [5, 5.41) is 9.26. The third-order valence-corrected chi connectivity index (χ3v) is 2.85. The smallest absolute Gasteiger partial charge is 0.410 e. The molecule has 1 fully saturated rings. The highest BCUT2D eigenvalue weighted by atomic mass is 16.6. The fraction of sp³-hybridized carbons (Fsp3) is 0.385. The van der Waals surface area contributed by atoms with Crippen LogP contribution >= 0.6 is 0 Å². The van der Waals surface area contributed by atoms with Crippen molar-refractivity contribution in [2.75, 3.05) is 13.1 Å². The largest absolute Gasteiger partial charge is 0.445 e. The van der Waals surface area contributed by atoms with Crippen molar-refractivity contribution in [3.63, 3.8) is 0 Å². The van der Waals surface area contributed by atoms with Crippen LogP contribution in [0.3, 0.4) is 0 Å². The molecule has 1 aromatic rings. The Morgan fingerprint density at radius 3 is 2.78 bits per heavy atom. The zero-order valence-corrected chi connectivity index (χ0v) is 9.91. The monoisotopic (exact) mass is 249 g/mol. The van der Waals surface area contributed by atoms with E-state index in [1.807, 2.05) is 30.3 Å². The molecule has 5 nitrogen and oxygen atoms in total. The Labute approximate surface area is 105 Å². The number of piperidine rings is 1. The molecule has 0 spiro atoms. The number of benzene rings is 1. The van der Waals surface area contributed by atoms with Crippen molar-refractivity contribution < 1.29 is 19.4 Å². The third-order valence-electron chi connectivity index (χ3n) is 2.85. The van der Waals surface area contributed by atoms with Gasteiger partial charge in [0, 0.05) is 6.54 Å². The van der Waals surface area contributed by atoms with Crippen molar-refractivity contribution in [1.29, 1.82) is 0 Å². The van der Waals surface area contributed by atoms with Gasteiger partial charge in [-0.2, -0.15) is 0 Å². The number of ketones is 1. The number of aliphatic hydroxyl groups excluding tert-OH is 1. The Morgan fingerprint density at radius 2 is 2.11 bits per heavy atom. The molecule has 1 N–H and O–H groups in total. The number of rotatable bonds is 2. The molecule has 1 aliphatic heterocycles. The highest BCUT2D eigenvalue weighted by molar-refractivity contribution is 5.88. The molecule has 0 saturated carbocycles. The van der Waals surface area contributed by atoms with Crippen LogP contribution in [0.25, 0.3) is 0 Å². The van der Waals surface area contributed by atoms with Gasteiger partial charge in [-0.25, -0.2) is 4.79 Å². The lowest BCUT2D eigenvalue weighted by molar-refractivity contribution is -0.131. The Morgan fingerprint density at radius 1 is 1.39 bits per heavy atom. The van der Waals surface area contributed by atoms with E-state index >= 15 is 0 Å². The molecule has 2 rings (SSSR count). The Balaban J connectivity index is 1.83. The van der Waals surface area contributed by atoms with E-state index < -0.39 is 12.2 Å². The molecule has 0 aliphatic carbocycles. The quantitative estimate of drug-likeness (QED) is 0.847. The van der Waals surface area contributed by atoms with E-state index in [1.54, 1.807) is 0 Å². The minimum atomic E-state index is -0.942. The molecule has 18 heavy (non-hydrogen) atoms. The van der Waals surface area contributed by atoms with Gasteiger partial charge in [0.25, 0.3) is 0 Å². The van der Waals surface area contributed by atoms with Gasteiger partial charge in [-0.1, -0.05) is 30.3 Å². The first-order chi connectivity index (χ1) is 8.66. The highest BCUT2D eigenvalue weighted by Crippen LogP contribution is 2.09. The number of carbonyl (C=O) groups excluding carboxylic acids is 2. The number of likely N-dealkylation sites (tertiary alicyclic amines) is 1. The summed E-state index contributed by atoms with van der Waals surface area (Å²) in [6, 6.07) is 9.33.